The molecule has 0 unspecified atom stereocenters. The molecule has 0 spiro atoms. The van der Waals surface area contributed by atoms with Gasteiger partial charge in [0, 0.05) is 51.5 Å². The Kier molecular flexibility index (Phi) is 6.34. The topological polar surface area (TPSA) is 60.9 Å². The fourth-order valence-corrected chi connectivity index (χ4v) is 5.76. The number of carbonyl (C=O) groups is 1. The molecule has 6 nitrogen and oxygen atoms in total. The Labute approximate surface area is 185 Å². The summed E-state index contributed by atoms with van der Waals surface area (Å²) in [6, 6.07) is 13.3. The smallest absolute Gasteiger partial charge is 0.243 e. The molecule has 1 fully saturated rings. The fraction of sp³-hybridized carbons (Fsp3) is 0.458. The van der Waals surface area contributed by atoms with Crippen molar-refractivity contribution in [2.75, 3.05) is 36.5 Å². The molecule has 0 aromatic heterocycles. The Morgan fingerprint density at radius 2 is 1.68 bits per heavy atom. The molecule has 0 saturated carbocycles. The standard InChI is InChI=1S/C24H31N3O3S/c1-19(28)27-16-6-7-21-17-23(12-13-24(21)27)31(29,30)25(2)18-20-8-10-22(11-9-20)26-14-4-3-5-15-26/h8-13,17H,3-7,14-16,18H2,1-2H3. The predicted octanol–water partition coefficient (Wildman–Crippen LogP) is 3.80. The molecular formula is C24H31N3O3S. The normalized spacial score (nSPS) is 17.0. The van der Waals surface area contributed by atoms with Crippen molar-refractivity contribution in [3.05, 3.63) is 53.6 Å². The third kappa shape index (κ3) is 4.62. The number of hydrogen-bond donors (Lipinski definition) is 0. The summed E-state index contributed by atoms with van der Waals surface area (Å²) in [6.45, 7) is 4.73. The number of sulfonamides is 1. The van der Waals surface area contributed by atoms with E-state index in [9.17, 15) is 13.2 Å². The first kappa shape index (κ1) is 21.8. The van der Waals surface area contributed by atoms with E-state index in [4.69, 9.17) is 0 Å². The molecule has 0 atom stereocenters. The minimum absolute atomic E-state index is 0.0123. The van der Waals surface area contributed by atoms with Gasteiger partial charge in [-0.3, -0.25) is 4.79 Å². The van der Waals surface area contributed by atoms with E-state index in [1.54, 1.807) is 37.1 Å². The van der Waals surface area contributed by atoms with Gasteiger partial charge in [-0.2, -0.15) is 4.31 Å². The van der Waals surface area contributed by atoms with Gasteiger partial charge in [0.2, 0.25) is 15.9 Å². The highest BCUT2D eigenvalue weighted by molar-refractivity contribution is 7.89. The summed E-state index contributed by atoms with van der Waals surface area (Å²) in [7, 11) is -2.00. The first-order chi connectivity index (χ1) is 14.9. The van der Waals surface area contributed by atoms with Crippen molar-refractivity contribution in [1.82, 2.24) is 4.31 Å². The van der Waals surface area contributed by atoms with Crippen molar-refractivity contribution in [3.63, 3.8) is 0 Å². The van der Waals surface area contributed by atoms with Crippen LogP contribution in [0.25, 0.3) is 0 Å². The molecule has 31 heavy (non-hydrogen) atoms. The average Bonchev–Trinajstić information content (AvgIpc) is 2.79. The summed E-state index contributed by atoms with van der Waals surface area (Å²) in [6.07, 6.45) is 5.38. The van der Waals surface area contributed by atoms with Crippen LogP contribution >= 0.6 is 0 Å². The second-order valence-electron chi connectivity index (χ2n) is 8.54. The molecule has 2 aromatic rings. The van der Waals surface area contributed by atoms with Gasteiger partial charge in [0.25, 0.3) is 0 Å². The van der Waals surface area contributed by atoms with Gasteiger partial charge < -0.3 is 9.80 Å². The van der Waals surface area contributed by atoms with Crippen molar-refractivity contribution in [2.24, 2.45) is 0 Å². The van der Waals surface area contributed by atoms with Gasteiger partial charge in [0.1, 0.15) is 0 Å². The second kappa shape index (κ2) is 9.01. The lowest BCUT2D eigenvalue weighted by Crippen LogP contribution is -2.34. The molecule has 2 aromatic carbocycles. The minimum Gasteiger partial charge on any atom is -0.372 e. The first-order valence-corrected chi connectivity index (χ1v) is 12.5. The van der Waals surface area contributed by atoms with E-state index in [1.807, 2.05) is 12.1 Å². The molecule has 1 amide bonds. The summed E-state index contributed by atoms with van der Waals surface area (Å²) >= 11 is 0. The number of carbonyl (C=O) groups excluding carboxylic acids is 1. The maximum Gasteiger partial charge on any atom is 0.243 e. The van der Waals surface area contributed by atoms with E-state index in [0.717, 1.165) is 42.7 Å². The van der Waals surface area contributed by atoms with Gasteiger partial charge in [-0.15, -0.1) is 0 Å². The largest absolute Gasteiger partial charge is 0.372 e. The van der Waals surface area contributed by atoms with Crippen LogP contribution < -0.4 is 9.80 Å². The summed E-state index contributed by atoms with van der Waals surface area (Å²) in [5.74, 6) is -0.0123. The zero-order valence-electron chi connectivity index (χ0n) is 18.4. The van der Waals surface area contributed by atoms with Gasteiger partial charge in [-0.25, -0.2) is 8.42 Å². The highest BCUT2D eigenvalue weighted by Crippen LogP contribution is 2.30. The molecule has 1 saturated heterocycles. The molecule has 0 aliphatic carbocycles. The van der Waals surface area contributed by atoms with E-state index in [1.165, 1.54) is 29.3 Å². The Morgan fingerprint density at radius 1 is 0.968 bits per heavy atom. The highest BCUT2D eigenvalue weighted by atomic mass is 32.2. The molecule has 166 valence electrons. The fourth-order valence-electron chi connectivity index (χ4n) is 4.55. The van der Waals surface area contributed by atoms with Gasteiger partial charge in [-0.1, -0.05) is 12.1 Å². The number of amides is 1. The van der Waals surface area contributed by atoms with Crippen molar-refractivity contribution >= 4 is 27.3 Å². The lowest BCUT2D eigenvalue weighted by molar-refractivity contribution is -0.116. The maximum atomic E-state index is 13.2. The third-order valence-corrected chi connectivity index (χ3v) is 8.12. The predicted molar refractivity (Wildman–Crippen MR) is 124 cm³/mol. The molecule has 2 aliphatic rings. The highest BCUT2D eigenvalue weighted by Gasteiger charge is 2.25. The van der Waals surface area contributed by atoms with Crippen LogP contribution in [0.15, 0.2) is 47.4 Å². The number of benzene rings is 2. The van der Waals surface area contributed by atoms with Gasteiger partial charge in [0.15, 0.2) is 0 Å². The van der Waals surface area contributed by atoms with Crippen LogP contribution in [-0.4, -0.2) is 45.3 Å². The summed E-state index contributed by atoms with van der Waals surface area (Å²) < 4.78 is 27.8. The average molecular weight is 442 g/mol. The lowest BCUT2D eigenvalue weighted by Gasteiger charge is -2.29. The first-order valence-electron chi connectivity index (χ1n) is 11.1. The summed E-state index contributed by atoms with van der Waals surface area (Å²) in [5, 5.41) is 0. The number of fused-ring (bicyclic) bond motifs is 1. The van der Waals surface area contributed by atoms with Crippen LogP contribution in [0.4, 0.5) is 11.4 Å². The summed E-state index contributed by atoms with van der Waals surface area (Å²) in [4.78, 5) is 16.3. The molecule has 0 N–H and O–H groups in total. The lowest BCUT2D eigenvalue weighted by atomic mass is 10.0. The number of nitrogens with zero attached hydrogens (tertiary/aromatic N) is 3. The molecule has 4 rings (SSSR count). The maximum absolute atomic E-state index is 13.2. The molecule has 0 bridgehead atoms. The zero-order valence-corrected chi connectivity index (χ0v) is 19.2. The van der Waals surface area contributed by atoms with Crippen molar-refractivity contribution < 1.29 is 13.2 Å². The van der Waals surface area contributed by atoms with E-state index < -0.39 is 10.0 Å². The van der Waals surface area contributed by atoms with Crippen LogP contribution in [0.2, 0.25) is 0 Å². The van der Waals surface area contributed by atoms with Gasteiger partial charge in [0.05, 0.1) is 4.90 Å². The van der Waals surface area contributed by atoms with E-state index >= 15 is 0 Å². The Hall–Kier alpha value is -2.38. The van der Waals surface area contributed by atoms with Crippen molar-refractivity contribution in [3.8, 4) is 0 Å². The number of aryl methyl sites for hydroxylation is 1. The van der Waals surface area contributed by atoms with E-state index in [-0.39, 0.29) is 10.8 Å². The molecule has 7 heteroatoms. The van der Waals surface area contributed by atoms with Crippen LogP contribution in [-0.2, 0) is 27.8 Å². The van der Waals surface area contributed by atoms with Crippen LogP contribution in [0.1, 0.15) is 43.7 Å². The molecular weight excluding hydrogens is 410 g/mol. The van der Waals surface area contributed by atoms with Gasteiger partial charge >= 0.3 is 0 Å². The second-order valence-corrected chi connectivity index (χ2v) is 10.6. The number of piperidine rings is 1. The van der Waals surface area contributed by atoms with E-state index in [0.29, 0.717) is 13.1 Å². The van der Waals surface area contributed by atoms with Crippen LogP contribution in [0, 0.1) is 0 Å². The molecule has 0 radical (unpaired) electrons. The Bertz CT molecular complexity index is 1040. The monoisotopic (exact) mass is 441 g/mol. The number of rotatable bonds is 5. The number of hydrogen-bond acceptors (Lipinski definition) is 4. The quantitative estimate of drug-likeness (QED) is 0.708. The zero-order chi connectivity index (χ0) is 22.0. The van der Waals surface area contributed by atoms with Crippen LogP contribution in [0.3, 0.4) is 0 Å². The Morgan fingerprint density at radius 3 is 2.35 bits per heavy atom. The molecule has 2 heterocycles. The van der Waals surface area contributed by atoms with Crippen LogP contribution in [0.5, 0.6) is 0 Å². The van der Waals surface area contributed by atoms with Crippen molar-refractivity contribution in [1.29, 1.82) is 0 Å². The van der Waals surface area contributed by atoms with Gasteiger partial charge in [-0.05, 0) is 73.6 Å². The Balaban J connectivity index is 1.49. The minimum atomic E-state index is -3.62. The number of anilines is 2. The third-order valence-electron chi connectivity index (χ3n) is 6.32. The van der Waals surface area contributed by atoms with Crippen molar-refractivity contribution in [2.45, 2.75) is 50.5 Å². The summed E-state index contributed by atoms with van der Waals surface area (Å²) in [5.41, 5.74) is 3.92. The molecule has 2 aliphatic heterocycles. The SMILES string of the molecule is CC(=O)N1CCCc2cc(S(=O)(=O)N(C)Cc3ccc(N4CCCCC4)cc3)ccc21. The van der Waals surface area contributed by atoms with E-state index in [2.05, 4.69) is 17.0 Å².